The van der Waals surface area contributed by atoms with Gasteiger partial charge in [-0.1, -0.05) is 30.3 Å². The van der Waals surface area contributed by atoms with Crippen molar-refractivity contribution in [3.8, 4) is 0 Å². The lowest BCUT2D eigenvalue weighted by Gasteiger charge is -2.16. The molecule has 0 amide bonds. The van der Waals surface area contributed by atoms with Crippen molar-refractivity contribution in [2.75, 3.05) is 27.4 Å². The van der Waals surface area contributed by atoms with Gasteiger partial charge in [0, 0.05) is 13.7 Å². The Kier molecular flexibility index (Phi) is 6.29. The number of hydrogen-bond acceptors (Lipinski definition) is 4. The third-order valence-corrected chi connectivity index (χ3v) is 2.44. The predicted octanol–water partition coefficient (Wildman–Crippen LogP) is 1.53. The molecule has 0 aliphatic rings. The zero-order valence-electron chi connectivity index (χ0n) is 10.3. The lowest BCUT2D eigenvalue weighted by atomic mass is 10.1. The van der Waals surface area contributed by atoms with Crippen molar-refractivity contribution in [3.05, 3.63) is 35.9 Å². The van der Waals surface area contributed by atoms with Crippen LogP contribution in [0.2, 0.25) is 0 Å². The molecule has 0 bridgehead atoms. The summed E-state index contributed by atoms with van der Waals surface area (Å²) in [5.41, 5.74) is 0.914. The first-order valence-electron chi connectivity index (χ1n) is 5.64. The van der Waals surface area contributed by atoms with Gasteiger partial charge in [0.1, 0.15) is 6.04 Å². The normalized spacial score (nSPS) is 12.1. The molecule has 17 heavy (non-hydrogen) atoms. The van der Waals surface area contributed by atoms with Crippen molar-refractivity contribution < 1.29 is 14.3 Å². The standard InChI is InChI=1S/C13H19NO3/c1-16-10-6-9-14-12(13(15)17-2)11-7-4-3-5-8-11/h3-5,7-8,12,14H,6,9-10H2,1-2H3. The summed E-state index contributed by atoms with van der Waals surface area (Å²) in [6.07, 6.45) is 0.858. The highest BCUT2D eigenvalue weighted by Gasteiger charge is 2.19. The van der Waals surface area contributed by atoms with Gasteiger partial charge >= 0.3 is 5.97 Å². The average Bonchev–Trinajstić information content (AvgIpc) is 2.39. The lowest BCUT2D eigenvalue weighted by molar-refractivity contribution is -0.143. The summed E-state index contributed by atoms with van der Waals surface area (Å²) >= 11 is 0. The first-order valence-corrected chi connectivity index (χ1v) is 5.64. The molecule has 0 aliphatic heterocycles. The lowest BCUT2D eigenvalue weighted by Crippen LogP contribution is -2.30. The zero-order chi connectivity index (χ0) is 12.5. The maximum absolute atomic E-state index is 11.7. The van der Waals surface area contributed by atoms with Gasteiger partial charge in [-0.05, 0) is 18.5 Å². The third kappa shape index (κ3) is 4.54. The summed E-state index contributed by atoms with van der Waals surface area (Å²) in [5, 5.41) is 3.17. The second-order valence-electron chi connectivity index (χ2n) is 3.67. The minimum absolute atomic E-state index is 0.270. The molecule has 1 aromatic carbocycles. The zero-order valence-corrected chi connectivity index (χ0v) is 10.3. The maximum Gasteiger partial charge on any atom is 0.327 e. The van der Waals surface area contributed by atoms with Crippen LogP contribution >= 0.6 is 0 Å². The molecule has 1 aromatic rings. The maximum atomic E-state index is 11.7. The van der Waals surface area contributed by atoms with Crippen LogP contribution in [0.15, 0.2) is 30.3 Å². The SMILES string of the molecule is COCCCNC(C(=O)OC)c1ccccc1. The number of benzene rings is 1. The molecule has 0 aromatic heterocycles. The van der Waals surface area contributed by atoms with E-state index in [0.29, 0.717) is 13.2 Å². The Bertz CT molecular complexity index is 327. The van der Waals surface area contributed by atoms with Gasteiger partial charge < -0.3 is 14.8 Å². The third-order valence-electron chi connectivity index (χ3n) is 2.44. The number of carbonyl (C=O) groups excluding carboxylic acids is 1. The van der Waals surface area contributed by atoms with Crippen molar-refractivity contribution in [1.82, 2.24) is 5.32 Å². The summed E-state index contributed by atoms with van der Waals surface area (Å²) in [6.45, 7) is 1.39. The summed E-state index contributed by atoms with van der Waals surface area (Å²) in [7, 11) is 3.06. The molecular formula is C13H19NO3. The van der Waals surface area contributed by atoms with Crippen LogP contribution in [0.4, 0.5) is 0 Å². The number of carbonyl (C=O) groups is 1. The van der Waals surface area contributed by atoms with E-state index in [1.54, 1.807) is 7.11 Å². The van der Waals surface area contributed by atoms with Crippen LogP contribution < -0.4 is 5.32 Å². The van der Waals surface area contributed by atoms with Gasteiger partial charge in [0.15, 0.2) is 0 Å². The van der Waals surface area contributed by atoms with Gasteiger partial charge in [0.05, 0.1) is 7.11 Å². The van der Waals surface area contributed by atoms with E-state index < -0.39 is 6.04 Å². The Labute approximate surface area is 102 Å². The molecule has 0 saturated carbocycles. The van der Waals surface area contributed by atoms with E-state index >= 15 is 0 Å². The molecule has 94 valence electrons. The fraction of sp³-hybridized carbons (Fsp3) is 0.462. The second-order valence-corrected chi connectivity index (χ2v) is 3.67. The average molecular weight is 237 g/mol. The van der Waals surface area contributed by atoms with Gasteiger partial charge in [0.2, 0.25) is 0 Å². The van der Waals surface area contributed by atoms with Crippen molar-refractivity contribution in [2.24, 2.45) is 0 Å². The number of rotatable bonds is 7. The van der Waals surface area contributed by atoms with Crippen molar-refractivity contribution in [3.63, 3.8) is 0 Å². The molecule has 0 aliphatic carbocycles. The monoisotopic (exact) mass is 237 g/mol. The minimum atomic E-state index is -0.405. The van der Waals surface area contributed by atoms with Crippen LogP contribution in [0.25, 0.3) is 0 Å². The van der Waals surface area contributed by atoms with Crippen LogP contribution in [0.1, 0.15) is 18.0 Å². The van der Waals surface area contributed by atoms with Crippen molar-refractivity contribution >= 4 is 5.97 Å². The Hall–Kier alpha value is -1.39. The molecule has 0 fully saturated rings. The summed E-state index contributed by atoms with van der Waals surface area (Å²) in [6, 6.07) is 9.14. The Morgan fingerprint density at radius 2 is 2.00 bits per heavy atom. The van der Waals surface area contributed by atoms with Gasteiger partial charge in [-0.15, -0.1) is 0 Å². The van der Waals surface area contributed by atoms with Crippen LogP contribution in [0.5, 0.6) is 0 Å². The van der Waals surface area contributed by atoms with E-state index in [0.717, 1.165) is 12.0 Å². The van der Waals surface area contributed by atoms with E-state index in [9.17, 15) is 4.79 Å². The van der Waals surface area contributed by atoms with E-state index in [4.69, 9.17) is 9.47 Å². The van der Waals surface area contributed by atoms with Gasteiger partial charge in [-0.25, -0.2) is 4.79 Å². The first-order chi connectivity index (χ1) is 8.29. The molecule has 1 N–H and O–H groups in total. The Morgan fingerprint density at radius 1 is 1.29 bits per heavy atom. The smallest absolute Gasteiger partial charge is 0.327 e. The number of nitrogens with one attached hydrogen (secondary N) is 1. The molecule has 0 spiro atoms. The quantitative estimate of drug-likeness (QED) is 0.577. The highest BCUT2D eigenvalue weighted by Crippen LogP contribution is 2.13. The number of hydrogen-bond donors (Lipinski definition) is 1. The topological polar surface area (TPSA) is 47.6 Å². The number of methoxy groups -OCH3 is 2. The van der Waals surface area contributed by atoms with Crippen molar-refractivity contribution in [2.45, 2.75) is 12.5 Å². The minimum Gasteiger partial charge on any atom is -0.468 e. The summed E-state index contributed by atoms with van der Waals surface area (Å²) < 4.78 is 9.75. The highest BCUT2D eigenvalue weighted by molar-refractivity contribution is 5.77. The fourth-order valence-electron chi connectivity index (χ4n) is 1.56. The van der Waals surface area contributed by atoms with Gasteiger partial charge in [-0.2, -0.15) is 0 Å². The summed E-state index contributed by atoms with van der Waals surface area (Å²) in [5.74, 6) is -0.270. The van der Waals surface area contributed by atoms with Crippen LogP contribution in [0, 0.1) is 0 Å². The first kappa shape index (κ1) is 13.7. The molecule has 1 atom stereocenters. The van der Waals surface area contributed by atoms with Gasteiger partial charge in [0.25, 0.3) is 0 Å². The van der Waals surface area contributed by atoms with Crippen LogP contribution in [-0.4, -0.2) is 33.3 Å². The fourth-order valence-corrected chi connectivity index (χ4v) is 1.56. The van der Waals surface area contributed by atoms with Crippen LogP contribution in [0.3, 0.4) is 0 Å². The second kappa shape index (κ2) is 7.81. The molecule has 0 heterocycles. The molecule has 0 radical (unpaired) electrons. The van der Waals surface area contributed by atoms with E-state index in [1.165, 1.54) is 7.11 Å². The molecule has 4 heteroatoms. The van der Waals surface area contributed by atoms with E-state index in [2.05, 4.69) is 5.32 Å². The highest BCUT2D eigenvalue weighted by atomic mass is 16.5. The predicted molar refractivity (Wildman–Crippen MR) is 65.7 cm³/mol. The molecule has 4 nitrogen and oxygen atoms in total. The molecular weight excluding hydrogens is 218 g/mol. The largest absolute Gasteiger partial charge is 0.468 e. The molecule has 1 unspecified atom stereocenters. The summed E-state index contributed by atoms with van der Waals surface area (Å²) in [4.78, 5) is 11.7. The Morgan fingerprint density at radius 3 is 2.59 bits per heavy atom. The van der Waals surface area contributed by atoms with E-state index in [-0.39, 0.29) is 5.97 Å². The molecule has 1 rings (SSSR count). The molecule has 0 saturated heterocycles. The van der Waals surface area contributed by atoms with Crippen molar-refractivity contribution in [1.29, 1.82) is 0 Å². The number of ether oxygens (including phenoxy) is 2. The Balaban J connectivity index is 2.59. The van der Waals surface area contributed by atoms with Crippen LogP contribution in [-0.2, 0) is 14.3 Å². The van der Waals surface area contributed by atoms with E-state index in [1.807, 2.05) is 30.3 Å². The van der Waals surface area contributed by atoms with Gasteiger partial charge in [-0.3, -0.25) is 0 Å². The number of esters is 1.